The van der Waals surface area contributed by atoms with E-state index in [0.29, 0.717) is 52.1 Å². The monoisotopic (exact) mass is 648 g/mol. The van der Waals surface area contributed by atoms with Gasteiger partial charge in [-0.2, -0.15) is 0 Å². The zero-order valence-corrected chi connectivity index (χ0v) is 27.3. The minimum atomic E-state index is -1.30. The fourth-order valence-electron chi connectivity index (χ4n) is 5.17. The molecule has 1 heterocycles. The van der Waals surface area contributed by atoms with Gasteiger partial charge in [0.25, 0.3) is 5.91 Å². The Hall–Kier alpha value is -3.04. The average molecular weight is 650 g/mol. The van der Waals surface area contributed by atoms with Crippen LogP contribution in [0.15, 0.2) is 48.5 Å². The van der Waals surface area contributed by atoms with Crippen molar-refractivity contribution in [2.75, 3.05) is 46.2 Å². The van der Waals surface area contributed by atoms with E-state index in [1.165, 1.54) is 0 Å². The minimum absolute atomic E-state index is 0. The lowest BCUT2D eigenvalue weighted by Crippen LogP contribution is -2.55. The second-order valence-corrected chi connectivity index (χ2v) is 12.0. The van der Waals surface area contributed by atoms with E-state index >= 15 is 0 Å². The van der Waals surface area contributed by atoms with Gasteiger partial charge in [-0.1, -0.05) is 48.5 Å². The molecule has 1 aliphatic carbocycles. The van der Waals surface area contributed by atoms with Crippen LogP contribution in [0.4, 0.5) is 5.69 Å². The Balaban J connectivity index is 0.00000506. The maximum absolute atomic E-state index is 13.5. The van der Waals surface area contributed by atoms with Gasteiger partial charge in [0, 0.05) is 48.0 Å². The Morgan fingerprint density at radius 1 is 0.953 bits per heavy atom. The molecule has 1 saturated carbocycles. The van der Waals surface area contributed by atoms with Gasteiger partial charge in [-0.25, -0.2) is 9.78 Å². The Bertz CT molecular complexity index is 1440. The molecule has 2 aromatic carbocycles. The van der Waals surface area contributed by atoms with Crippen LogP contribution in [0.25, 0.3) is 22.4 Å². The van der Waals surface area contributed by atoms with Crippen molar-refractivity contribution in [3.8, 4) is 28.1 Å². The van der Waals surface area contributed by atoms with E-state index in [4.69, 9.17) is 32.9 Å². The molecule has 1 fully saturated rings. The first kappa shape index (κ1) is 34.5. The van der Waals surface area contributed by atoms with Crippen molar-refractivity contribution in [2.24, 2.45) is 0 Å². The van der Waals surface area contributed by atoms with Crippen molar-refractivity contribution < 1.29 is 19.4 Å². The summed E-state index contributed by atoms with van der Waals surface area (Å²) in [5.74, 6) is -1.04. The van der Waals surface area contributed by atoms with Crippen LogP contribution in [0.3, 0.4) is 0 Å². The fraction of sp³-hybridized carbons (Fsp3) is 0.406. The lowest BCUT2D eigenvalue weighted by molar-refractivity contribution is -0.145. The van der Waals surface area contributed by atoms with Gasteiger partial charge in [0.2, 0.25) is 0 Å². The van der Waals surface area contributed by atoms with Crippen LogP contribution in [0.1, 0.15) is 49.0 Å². The summed E-state index contributed by atoms with van der Waals surface area (Å²) in [6.45, 7) is 1.36. The smallest absolute Gasteiger partial charge is 0.329 e. The van der Waals surface area contributed by atoms with Crippen LogP contribution in [0.5, 0.6) is 5.75 Å². The molecular formula is C32H39Cl3N4O4. The second-order valence-electron chi connectivity index (χ2n) is 11.2. The van der Waals surface area contributed by atoms with Gasteiger partial charge in [-0.3, -0.25) is 4.79 Å². The zero-order valence-electron chi connectivity index (χ0n) is 25.0. The van der Waals surface area contributed by atoms with E-state index in [1.807, 2.05) is 63.4 Å². The summed E-state index contributed by atoms with van der Waals surface area (Å²) >= 11 is 13.2. The van der Waals surface area contributed by atoms with E-state index in [9.17, 15) is 14.7 Å². The number of carbonyl (C=O) groups excluding carboxylic acids is 1. The van der Waals surface area contributed by atoms with E-state index in [1.54, 1.807) is 18.2 Å². The Kier molecular flexibility index (Phi) is 12.1. The van der Waals surface area contributed by atoms with Gasteiger partial charge in [-0.05, 0) is 75.8 Å². The number of hydrogen-bond donors (Lipinski definition) is 2. The Morgan fingerprint density at radius 3 is 2.30 bits per heavy atom. The van der Waals surface area contributed by atoms with Crippen LogP contribution in [-0.4, -0.2) is 73.7 Å². The van der Waals surface area contributed by atoms with Crippen molar-refractivity contribution in [3.05, 3.63) is 64.3 Å². The van der Waals surface area contributed by atoms with Gasteiger partial charge >= 0.3 is 5.97 Å². The number of rotatable bonds is 11. The normalized spacial score (nSPS) is 14.1. The summed E-state index contributed by atoms with van der Waals surface area (Å²) < 4.78 is 6.02. The summed E-state index contributed by atoms with van der Waals surface area (Å²) in [7, 11) is 7.91. The zero-order chi connectivity index (χ0) is 30.4. The average Bonchev–Trinajstić information content (AvgIpc) is 2.96. The van der Waals surface area contributed by atoms with Crippen LogP contribution in [-0.2, 0) is 4.79 Å². The first-order valence-corrected chi connectivity index (χ1v) is 14.9. The molecule has 8 nitrogen and oxygen atoms in total. The van der Waals surface area contributed by atoms with Gasteiger partial charge in [0.1, 0.15) is 17.0 Å². The van der Waals surface area contributed by atoms with Crippen LogP contribution in [0.2, 0.25) is 10.0 Å². The largest absolute Gasteiger partial charge is 0.492 e. The fourth-order valence-corrected chi connectivity index (χ4v) is 5.57. The van der Waals surface area contributed by atoms with Crippen molar-refractivity contribution in [3.63, 3.8) is 0 Å². The highest BCUT2D eigenvalue weighted by Crippen LogP contribution is 2.39. The Labute approximate surface area is 269 Å². The van der Waals surface area contributed by atoms with E-state index in [-0.39, 0.29) is 18.1 Å². The Morgan fingerprint density at radius 2 is 1.65 bits per heavy atom. The molecule has 4 rings (SSSR count). The maximum Gasteiger partial charge on any atom is 0.329 e. The number of amides is 1. The number of nitrogens with one attached hydrogen (secondary N) is 1. The maximum atomic E-state index is 13.5. The lowest BCUT2D eigenvalue weighted by atomic mass is 9.81. The number of nitrogens with zero attached hydrogens (tertiary/aromatic N) is 3. The van der Waals surface area contributed by atoms with Crippen LogP contribution in [0, 0.1) is 0 Å². The number of carboxylic acid groups (broad SMARTS) is 1. The predicted molar refractivity (Wildman–Crippen MR) is 176 cm³/mol. The van der Waals surface area contributed by atoms with Crippen molar-refractivity contribution in [1.82, 2.24) is 15.2 Å². The lowest BCUT2D eigenvalue weighted by Gasteiger charge is -2.33. The molecule has 0 bridgehead atoms. The molecule has 0 unspecified atom stereocenters. The number of anilines is 1. The van der Waals surface area contributed by atoms with Gasteiger partial charge < -0.3 is 25.0 Å². The van der Waals surface area contributed by atoms with E-state index < -0.39 is 17.4 Å². The molecular weight excluding hydrogens is 611 g/mol. The molecule has 2 N–H and O–H groups in total. The number of halogens is 3. The van der Waals surface area contributed by atoms with Crippen LogP contribution < -0.4 is 15.0 Å². The number of aromatic nitrogens is 1. The van der Waals surface area contributed by atoms with Gasteiger partial charge in [0.05, 0.1) is 17.3 Å². The summed E-state index contributed by atoms with van der Waals surface area (Å²) in [4.78, 5) is 34.6. The van der Waals surface area contributed by atoms with Gasteiger partial charge in [-0.15, -0.1) is 12.4 Å². The second kappa shape index (κ2) is 15.1. The molecule has 0 saturated heterocycles. The van der Waals surface area contributed by atoms with Gasteiger partial charge in [0.15, 0.2) is 0 Å². The summed E-state index contributed by atoms with van der Waals surface area (Å²) in [6.07, 6.45) is 4.03. The summed E-state index contributed by atoms with van der Waals surface area (Å²) in [5, 5.41) is 13.8. The minimum Gasteiger partial charge on any atom is -0.492 e. The number of carboxylic acids is 1. The summed E-state index contributed by atoms with van der Waals surface area (Å²) in [6, 6.07) is 14.5. The highest BCUT2D eigenvalue weighted by Gasteiger charge is 2.41. The van der Waals surface area contributed by atoms with E-state index in [2.05, 4.69) is 10.2 Å². The molecule has 0 spiro atoms. The highest BCUT2D eigenvalue weighted by atomic mass is 35.5. The first-order valence-electron chi connectivity index (χ1n) is 14.1. The van der Waals surface area contributed by atoms with E-state index in [0.717, 1.165) is 43.5 Å². The van der Waals surface area contributed by atoms with Crippen LogP contribution >= 0.6 is 35.6 Å². The standard InChI is InChI=1S/C32H38Cl2N4O4.ClH/c1-37(2)17-8-18-42-28-19-21(9-12-26(28)34)29-23(24-20-22(38(3)4)10-13-25(24)33)11-14-27(35-29)30(39)36-32(31(40)41)15-6-5-7-16-32;/h9-14,19-20H,5-8,15-18H2,1-4H3,(H,36,39)(H,40,41);1H. The molecule has 43 heavy (non-hydrogen) atoms. The quantitative estimate of drug-likeness (QED) is 0.215. The number of pyridine rings is 1. The number of carbonyl (C=O) groups is 2. The molecule has 0 atom stereocenters. The molecule has 232 valence electrons. The molecule has 0 radical (unpaired) electrons. The number of hydrogen-bond acceptors (Lipinski definition) is 6. The molecule has 1 aliphatic rings. The van der Waals surface area contributed by atoms with Crippen molar-refractivity contribution in [2.45, 2.75) is 44.1 Å². The summed E-state index contributed by atoms with van der Waals surface area (Å²) in [5.41, 5.74) is 2.41. The number of aliphatic carboxylic acids is 1. The molecule has 1 amide bonds. The third kappa shape index (κ3) is 8.32. The number of ether oxygens (including phenoxy) is 1. The molecule has 3 aromatic rings. The molecule has 11 heteroatoms. The topological polar surface area (TPSA) is 95.0 Å². The third-order valence-corrected chi connectivity index (χ3v) is 8.21. The SMILES string of the molecule is CN(C)CCCOc1cc(-c2nc(C(=O)NC3(C(=O)O)CCCCC3)ccc2-c2cc(N(C)C)ccc2Cl)ccc1Cl.Cl. The number of benzene rings is 2. The molecule has 0 aliphatic heterocycles. The van der Waals surface area contributed by atoms with Crippen molar-refractivity contribution >= 4 is 53.2 Å². The van der Waals surface area contributed by atoms with Crippen molar-refractivity contribution in [1.29, 1.82) is 0 Å². The highest BCUT2D eigenvalue weighted by molar-refractivity contribution is 6.33. The molecule has 1 aromatic heterocycles. The third-order valence-electron chi connectivity index (χ3n) is 7.57. The predicted octanol–water partition coefficient (Wildman–Crippen LogP) is 7.06. The first-order chi connectivity index (χ1) is 20.0.